The van der Waals surface area contributed by atoms with Gasteiger partial charge in [-0.15, -0.1) is 11.3 Å². The molecule has 2 aromatic rings. The zero-order chi connectivity index (χ0) is 13.1. The molecule has 19 heavy (non-hydrogen) atoms. The van der Waals surface area contributed by atoms with Gasteiger partial charge in [0.1, 0.15) is 0 Å². The summed E-state index contributed by atoms with van der Waals surface area (Å²) in [6.07, 6.45) is 7.68. The van der Waals surface area contributed by atoms with Crippen LogP contribution in [-0.2, 0) is 0 Å². The molecule has 3 rings (SSSR count). The summed E-state index contributed by atoms with van der Waals surface area (Å²) in [6.45, 7) is 2.22. The van der Waals surface area contributed by atoms with Crippen LogP contribution in [0.1, 0.15) is 24.5 Å². The largest absolute Gasteiger partial charge is 0.315 e. The number of aromatic nitrogens is 3. The van der Waals surface area contributed by atoms with Crippen molar-refractivity contribution in [3.63, 3.8) is 0 Å². The van der Waals surface area contributed by atoms with E-state index in [1.54, 1.807) is 29.9 Å². The molecule has 0 aliphatic carbocycles. The molecule has 1 fully saturated rings. The SMILES string of the molecule is CN1CCC[C@H](c2nccnc2Nc2nccs2)C1. The van der Waals surface area contributed by atoms with Crippen molar-refractivity contribution in [1.82, 2.24) is 19.9 Å². The van der Waals surface area contributed by atoms with Crippen LogP contribution in [0.2, 0.25) is 0 Å². The van der Waals surface area contributed by atoms with Crippen LogP contribution < -0.4 is 5.32 Å². The number of thiazole rings is 1. The molecular formula is C13H17N5S. The minimum atomic E-state index is 0.454. The van der Waals surface area contributed by atoms with Crippen LogP contribution in [0, 0.1) is 0 Å². The lowest BCUT2D eigenvalue weighted by atomic mass is 9.95. The Bertz CT molecular complexity index is 528. The lowest BCUT2D eigenvalue weighted by Gasteiger charge is -2.29. The summed E-state index contributed by atoms with van der Waals surface area (Å²) in [5.41, 5.74) is 1.06. The van der Waals surface area contributed by atoms with E-state index in [4.69, 9.17) is 0 Å². The molecular weight excluding hydrogens is 258 g/mol. The summed E-state index contributed by atoms with van der Waals surface area (Å²) in [6, 6.07) is 0. The second kappa shape index (κ2) is 5.63. The maximum absolute atomic E-state index is 4.54. The molecule has 1 aliphatic heterocycles. The predicted octanol–water partition coefficient (Wildman–Crippen LogP) is 2.49. The van der Waals surface area contributed by atoms with Crippen LogP contribution in [0.5, 0.6) is 0 Å². The van der Waals surface area contributed by atoms with Crippen molar-refractivity contribution in [3.05, 3.63) is 29.7 Å². The molecule has 0 saturated carbocycles. The van der Waals surface area contributed by atoms with Gasteiger partial charge in [-0.1, -0.05) is 0 Å². The van der Waals surface area contributed by atoms with Crippen LogP contribution in [0.4, 0.5) is 10.9 Å². The second-order valence-corrected chi connectivity index (χ2v) is 5.75. The first-order chi connectivity index (χ1) is 9.33. The fourth-order valence-electron chi connectivity index (χ4n) is 2.52. The molecule has 0 aromatic carbocycles. The van der Waals surface area contributed by atoms with Gasteiger partial charge in [0.05, 0.1) is 5.69 Å². The van der Waals surface area contributed by atoms with Crippen molar-refractivity contribution in [3.8, 4) is 0 Å². The van der Waals surface area contributed by atoms with Crippen molar-refractivity contribution in [2.24, 2.45) is 0 Å². The summed E-state index contributed by atoms with van der Waals surface area (Å²) in [5.74, 6) is 1.30. The quantitative estimate of drug-likeness (QED) is 0.932. The van der Waals surface area contributed by atoms with Crippen molar-refractivity contribution in [2.75, 3.05) is 25.5 Å². The van der Waals surface area contributed by atoms with Crippen LogP contribution in [0.3, 0.4) is 0 Å². The van der Waals surface area contributed by atoms with Crippen LogP contribution in [-0.4, -0.2) is 40.0 Å². The Labute approximate surface area is 116 Å². The van der Waals surface area contributed by atoms with E-state index in [0.29, 0.717) is 5.92 Å². The van der Waals surface area contributed by atoms with Crippen molar-refractivity contribution in [1.29, 1.82) is 0 Å². The Hall–Kier alpha value is -1.53. The lowest BCUT2D eigenvalue weighted by Crippen LogP contribution is -2.31. The third-order valence-electron chi connectivity index (χ3n) is 3.40. The highest BCUT2D eigenvalue weighted by molar-refractivity contribution is 7.13. The van der Waals surface area contributed by atoms with E-state index in [0.717, 1.165) is 23.2 Å². The van der Waals surface area contributed by atoms with Crippen molar-refractivity contribution >= 4 is 22.3 Å². The molecule has 2 aromatic heterocycles. The highest BCUT2D eigenvalue weighted by Gasteiger charge is 2.23. The first kappa shape index (κ1) is 12.5. The minimum absolute atomic E-state index is 0.454. The standard InChI is InChI=1S/C13H17N5S/c1-18-7-2-3-10(9-18)11-12(15-5-4-14-11)17-13-16-6-8-19-13/h4-6,8,10H,2-3,7,9H2,1H3,(H,15,16,17)/t10-/m0/s1. The molecule has 6 heteroatoms. The van der Waals surface area contributed by atoms with Crippen molar-refractivity contribution < 1.29 is 0 Å². The molecule has 1 N–H and O–H groups in total. The number of nitrogens with one attached hydrogen (secondary N) is 1. The molecule has 0 unspecified atom stereocenters. The summed E-state index contributed by atoms with van der Waals surface area (Å²) in [4.78, 5) is 15.6. The van der Waals surface area contributed by atoms with E-state index in [1.165, 1.54) is 19.4 Å². The molecule has 3 heterocycles. The molecule has 1 atom stereocenters. The normalized spacial score (nSPS) is 20.4. The topological polar surface area (TPSA) is 53.9 Å². The Kier molecular flexibility index (Phi) is 3.70. The van der Waals surface area contributed by atoms with E-state index >= 15 is 0 Å². The lowest BCUT2D eigenvalue weighted by molar-refractivity contribution is 0.248. The van der Waals surface area contributed by atoms with Gasteiger partial charge in [0, 0.05) is 36.4 Å². The van der Waals surface area contributed by atoms with Gasteiger partial charge < -0.3 is 10.2 Å². The van der Waals surface area contributed by atoms with Gasteiger partial charge in [-0.3, -0.25) is 4.98 Å². The van der Waals surface area contributed by atoms with E-state index < -0.39 is 0 Å². The molecule has 100 valence electrons. The molecule has 0 spiro atoms. The Morgan fingerprint density at radius 3 is 2.95 bits per heavy atom. The minimum Gasteiger partial charge on any atom is -0.315 e. The van der Waals surface area contributed by atoms with Gasteiger partial charge in [-0.25, -0.2) is 9.97 Å². The average molecular weight is 275 g/mol. The number of anilines is 2. The van der Waals surface area contributed by atoms with Gasteiger partial charge in [0.25, 0.3) is 0 Å². The monoisotopic (exact) mass is 275 g/mol. The third kappa shape index (κ3) is 2.90. The molecule has 1 aliphatic rings. The smallest absolute Gasteiger partial charge is 0.188 e. The second-order valence-electron chi connectivity index (χ2n) is 4.85. The van der Waals surface area contributed by atoms with E-state index in [2.05, 4.69) is 32.2 Å². The van der Waals surface area contributed by atoms with Crippen LogP contribution >= 0.6 is 11.3 Å². The first-order valence-electron chi connectivity index (χ1n) is 6.49. The maximum Gasteiger partial charge on any atom is 0.188 e. The Balaban J connectivity index is 1.84. The molecule has 0 radical (unpaired) electrons. The summed E-state index contributed by atoms with van der Waals surface area (Å²) < 4.78 is 0. The number of hydrogen-bond acceptors (Lipinski definition) is 6. The van der Waals surface area contributed by atoms with Gasteiger partial charge in [-0.2, -0.15) is 0 Å². The fourth-order valence-corrected chi connectivity index (χ4v) is 3.05. The number of likely N-dealkylation sites (N-methyl/N-ethyl adjacent to an activating group) is 1. The average Bonchev–Trinajstić information content (AvgIpc) is 2.92. The summed E-state index contributed by atoms with van der Waals surface area (Å²) in [5, 5.41) is 6.10. The molecule has 0 bridgehead atoms. The van der Waals surface area contributed by atoms with Gasteiger partial charge in [0.15, 0.2) is 10.9 Å². The number of hydrogen-bond donors (Lipinski definition) is 1. The fraction of sp³-hybridized carbons (Fsp3) is 0.462. The third-order valence-corrected chi connectivity index (χ3v) is 4.08. The molecule has 1 saturated heterocycles. The van der Waals surface area contributed by atoms with Crippen molar-refractivity contribution in [2.45, 2.75) is 18.8 Å². The van der Waals surface area contributed by atoms with E-state index in [1.807, 2.05) is 5.38 Å². The predicted molar refractivity (Wildman–Crippen MR) is 76.9 cm³/mol. The zero-order valence-electron chi connectivity index (χ0n) is 10.9. The van der Waals surface area contributed by atoms with E-state index in [9.17, 15) is 0 Å². The number of nitrogens with zero attached hydrogens (tertiary/aromatic N) is 4. The van der Waals surface area contributed by atoms with Gasteiger partial charge in [-0.05, 0) is 26.4 Å². The Morgan fingerprint density at radius 1 is 1.26 bits per heavy atom. The maximum atomic E-state index is 4.54. The van der Waals surface area contributed by atoms with Crippen LogP contribution in [0.25, 0.3) is 0 Å². The summed E-state index contributed by atoms with van der Waals surface area (Å²) >= 11 is 1.57. The van der Waals surface area contributed by atoms with Gasteiger partial charge in [0.2, 0.25) is 0 Å². The van der Waals surface area contributed by atoms with E-state index in [-0.39, 0.29) is 0 Å². The van der Waals surface area contributed by atoms with Crippen LogP contribution in [0.15, 0.2) is 24.0 Å². The highest BCUT2D eigenvalue weighted by atomic mass is 32.1. The number of rotatable bonds is 3. The highest BCUT2D eigenvalue weighted by Crippen LogP contribution is 2.30. The zero-order valence-corrected chi connectivity index (χ0v) is 11.7. The number of likely N-dealkylation sites (tertiary alicyclic amines) is 1. The van der Waals surface area contributed by atoms with Gasteiger partial charge >= 0.3 is 0 Å². The first-order valence-corrected chi connectivity index (χ1v) is 7.37. The summed E-state index contributed by atoms with van der Waals surface area (Å²) in [7, 11) is 2.16. The molecule has 5 nitrogen and oxygen atoms in total. The molecule has 0 amide bonds. The Morgan fingerprint density at radius 2 is 2.16 bits per heavy atom. The number of piperidine rings is 1.